The largest absolute Gasteiger partial charge is 0.339 e. The second-order valence-corrected chi connectivity index (χ2v) is 7.08. The van der Waals surface area contributed by atoms with Gasteiger partial charge in [-0.2, -0.15) is 4.98 Å². The Hall–Kier alpha value is -0.900. The van der Waals surface area contributed by atoms with E-state index in [-0.39, 0.29) is 0 Å². The van der Waals surface area contributed by atoms with Crippen LogP contribution in [0.3, 0.4) is 0 Å². The van der Waals surface area contributed by atoms with Crippen LogP contribution in [-0.4, -0.2) is 16.7 Å². The molecule has 2 unspecified atom stereocenters. The molecule has 2 aliphatic carbocycles. The molecule has 2 N–H and O–H groups in total. The van der Waals surface area contributed by atoms with Gasteiger partial charge in [-0.15, -0.1) is 0 Å². The average molecular weight is 291 g/mol. The number of hydrogen-bond acceptors (Lipinski definition) is 4. The summed E-state index contributed by atoms with van der Waals surface area (Å²) in [6.45, 7) is 3.12. The van der Waals surface area contributed by atoms with Crippen molar-refractivity contribution in [3.8, 4) is 0 Å². The first-order valence-corrected chi connectivity index (χ1v) is 8.83. The SMILES string of the molecule is CCC1CCCC(c2noc(C3CCC(CN)CC3)n2)C1. The molecule has 0 aromatic carbocycles. The van der Waals surface area contributed by atoms with Crippen LogP contribution < -0.4 is 5.73 Å². The van der Waals surface area contributed by atoms with Gasteiger partial charge in [-0.1, -0.05) is 31.3 Å². The van der Waals surface area contributed by atoms with Crippen LogP contribution in [0.5, 0.6) is 0 Å². The topological polar surface area (TPSA) is 64.9 Å². The zero-order valence-electron chi connectivity index (χ0n) is 13.3. The fraction of sp³-hybridized carbons (Fsp3) is 0.882. The highest BCUT2D eigenvalue weighted by Gasteiger charge is 2.29. The van der Waals surface area contributed by atoms with Crippen molar-refractivity contribution in [2.75, 3.05) is 6.54 Å². The number of nitrogens with two attached hydrogens (primary N) is 1. The molecule has 0 bridgehead atoms. The van der Waals surface area contributed by atoms with E-state index in [1.807, 2.05) is 0 Å². The predicted octanol–water partition coefficient (Wildman–Crippen LogP) is 3.99. The van der Waals surface area contributed by atoms with Crippen molar-refractivity contribution >= 4 is 0 Å². The van der Waals surface area contributed by atoms with Gasteiger partial charge >= 0.3 is 0 Å². The Bertz CT molecular complexity index is 437. The number of hydrogen-bond donors (Lipinski definition) is 1. The maximum atomic E-state index is 5.76. The Kier molecular flexibility index (Phi) is 4.94. The van der Waals surface area contributed by atoms with Crippen LogP contribution in [0.1, 0.15) is 88.3 Å². The molecule has 0 spiro atoms. The number of nitrogens with zero attached hydrogens (tertiary/aromatic N) is 2. The van der Waals surface area contributed by atoms with Gasteiger partial charge < -0.3 is 10.3 Å². The average Bonchev–Trinajstić information content (AvgIpc) is 3.05. The molecule has 2 saturated carbocycles. The number of rotatable bonds is 4. The molecule has 1 aromatic rings. The lowest BCUT2D eigenvalue weighted by Gasteiger charge is -2.26. The molecule has 118 valence electrons. The fourth-order valence-corrected chi connectivity index (χ4v) is 4.12. The predicted molar refractivity (Wildman–Crippen MR) is 83.0 cm³/mol. The van der Waals surface area contributed by atoms with Gasteiger partial charge in [0.15, 0.2) is 5.82 Å². The molecule has 4 heteroatoms. The zero-order chi connectivity index (χ0) is 14.7. The van der Waals surface area contributed by atoms with Crippen molar-refractivity contribution in [1.29, 1.82) is 0 Å². The van der Waals surface area contributed by atoms with Crippen LogP contribution in [0.4, 0.5) is 0 Å². The molecule has 0 aliphatic heterocycles. The third-order valence-corrected chi connectivity index (χ3v) is 5.71. The van der Waals surface area contributed by atoms with Gasteiger partial charge in [0.05, 0.1) is 0 Å². The maximum absolute atomic E-state index is 5.76. The smallest absolute Gasteiger partial charge is 0.229 e. The molecule has 2 aliphatic rings. The first-order chi connectivity index (χ1) is 10.3. The summed E-state index contributed by atoms with van der Waals surface area (Å²) in [7, 11) is 0. The van der Waals surface area contributed by atoms with E-state index in [9.17, 15) is 0 Å². The summed E-state index contributed by atoms with van der Waals surface area (Å²) in [6.07, 6.45) is 11.2. The molecule has 2 atom stereocenters. The van der Waals surface area contributed by atoms with E-state index in [2.05, 4.69) is 12.1 Å². The van der Waals surface area contributed by atoms with Gasteiger partial charge in [0.2, 0.25) is 5.89 Å². The molecular weight excluding hydrogens is 262 g/mol. The Morgan fingerprint density at radius 2 is 1.86 bits per heavy atom. The van der Waals surface area contributed by atoms with Crippen molar-refractivity contribution < 1.29 is 4.52 Å². The first-order valence-electron chi connectivity index (χ1n) is 8.83. The molecule has 1 aromatic heterocycles. The lowest BCUT2D eigenvalue weighted by molar-refractivity contribution is 0.270. The summed E-state index contributed by atoms with van der Waals surface area (Å²) >= 11 is 0. The van der Waals surface area contributed by atoms with E-state index in [0.29, 0.717) is 17.8 Å². The summed E-state index contributed by atoms with van der Waals surface area (Å²) in [6, 6.07) is 0. The van der Waals surface area contributed by atoms with Gasteiger partial charge in [-0.3, -0.25) is 0 Å². The van der Waals surface area contributed by atoms with E-state index >= 15 is 0 Å². The van der Waals surface area contributed by atoms with Crippen molar-refractivity contribution in [3.63, 3.8) is 0 Å². The minimum Gasteiger partial charge on any atom is -0.339 e. The quantitative estimate of drug-likeness (QED) is 0.911. The second-order valence-electron chi connectivity index (χ2n) is 7.08. The Labute approximate surface area is 127 Å². The normalized spacial score (nSPS) is 34.0. The first kappa shape index (κ1) is 15.0. The monoisotopic (exact) mass is 291 g/mol. The summed E-state index contributed by atoms with van der Waals surface area (Å²) in [5, 5.41) is 4.31. The third-order valence-electron chi connectivity index (χ3n) is 5.71. The zero-order valence-corrected chi connectivity index (χ0v) is 13.3. The van der Waals surface area contributed by atoms with Crippen LogP contribution in [0.2, 0.25) is 0 Å². The van der Waals surface area contributed by atoms with Crippen molar-refractivity contribution in [3.05, 3.63) is 11.7 Å². The fourth-order valence-electron chi connectivity index (χ4n) is 4.12. The molecule has 1 heterocycles. The molecule has 0 radical (unpaired) electrons. The third kappa shape index (κ3) is 3.47. The molecule has 3 rings (SSSR count). The standard InChI is InChI=1S/C17H29N3O/c1-2-12-4-3-5-15(10-12)16-19-17(21-20-16)14-8-6-13(11-18)7-9-14/h12-15H,2-11,18H2,1H3. The minimum atomic E-state index is 0.472. The van der Waals surface area contributed by atoms with Crippen molar-refractivity contribution in [2.24, 2.45) is 17.6 Å². The van der Waals surface area contributed by atoms with E-state index in [1.165, 1.54) is 44.9 Å². The van der Waals surface area contributed by atoms with Crippen LogP contribution in [0.25, 0.3) is 0 Å². The van der Waals surface area contributed by atoms with Crippen LogP contribution >= 0.6 is 0 Å². The molecule has 0 saturated heterocycles. The van der Waals surface area contributed by atoms with Gasteiger partial charge in [-0.25, -0.2) is 0 Å². The van der Waals surface area contributed by atoms with E-state index < -0.39 is 0 Å². The Balaban J connectivity index is 1.61. The van der Waals surface area contributed by atoms with Crippen molar-refractivity contribution in [1.82, 2.24) is 10.1 Å². The summed E-state index contributed by atoms with van der Waals surface area (Å²) in [5.74, 6) is 4.42. The highest BCUT2D eigenvalue weighted by Crippen LogP contribution is 2.38. The highest BCUT2D eigenvalue weighted by atomic mass is 16.5. The lowest BCUT2D eigenvalue weighted by Crippen LogP contribution is -2.20. The summed E-state index contributed by atoms with van der Waals surface area (Å²) in [4.78, 5) is 4.77. The Morgan fingerprint density at radius 3 is 2.57 bits per heavy atom. The summed E-state index contributed by atoms with van der Waals surface area (Å²) in [5.41, 5.74) is 5.76. The molecule has 0 amide bonds. The van der Waals surface area contributed by atoms with E-state index in [1.54, 1.807) is 0 Å². The lowest BCUT2D eigenvalue weighted by atomic mass is 9.80. The van der Waals surface area contributed by atoms with Gasteiger partial charge in [0, 0.05) is 11.8 Å². The van der Waals surface area contributed by atoms with Crippen LogP contribution in [0, 0.1) is 11.8 Å². The van der Waals surface area contributed by atoms with Gasteiger partial charge in [-0.05, 0) is 56.9 Å². The van der Waals surface area contributed by atoms with Crippen molar-refractivity contribution in [2.45, 2.75) is 76.5 Å². The number of aromatic nitrogens is 2. The van der Waals surface area contributed by atoms with Gasteiger partial charge in [0.1, 0.15) is 0 Å². The van der Waals surface area contributed by atoms with E-state index in [0.717, 1.165) is 37.0 Å². The van der Waals surface area contributed by atoms with Crippen LogP contribution in [0.15, 0.2) is 4.52 Å². The molecule has 4 nitrogen and oxygen atoms in total. The Morgan fingerprint density at radius 1 is 1.05 bits per heavy atom. The van der Waals surface area contributed by atoms with Gasteiger partial charge in [0.25, 0.3) is 0 Å². The van der Waals surface area contributed by atoms with Crippen LogP contribution in [-0.2, 0) is 0 Å². The molecular formula is C17H29N3O. The molecule has 2 fully saturated rings. The summed E-state index contributed by atoms with van der Waals surface area (Å²) < 4.78 is 5.60. The minimum absolute atomic E-state index is 0.472. The van der Waals surface area contributed by atoms with E-state index in [4.69, 9.17) is 15.2 Å². The maximum Gasteiger partial charge on any atom is 0.229 e. The highest BCUT2D eigenvalue weighted by molar-refractivity contribution is 5.02. The second kappa shape index (κ2) is 6.91. The molecule has 21 heavy (non-hydrogen) atoms.